The van der Waals surface area contributed by atoms with Crippen LogP contribution < -0.4 is 4.74 Å². The summed E-state index contributed by atoms with van der Waals surface area (Å²) in [5.74, 6) is 1.39. The molecule has 2 heterocycles. The molecule has 24 heavy (non-hydrogen) atoms. The number of hydrogen-bond donors (Lipinski definition) is 1. The minimum Gasteiger partial charge on any atom is -0.497 e. The Balaban J connectivity index is 1.91. The fraction of sp³-hybridized carbons (Fsp3) is 0.471. The quantitative estimate of drug-likeness (QED) is 0.651. The molecule has 0 radical (unpaired) electrons. The molecule has 1 saturated heterocycles. The normalized spacial score (nSPS) is 19.9. The summed E-state index contributed by atoms with van der Waals surface area (Å²) in [4.78, 5) is 4.66. The highest BCUT2D eigenvalue weighted by atomic mass is 32.1. The monoisotopic (exact) mass is 363 g/mol. The Hall–Kier alpha value is -1.02. The molecule has 0 unspecified atom stereocenters. The van der Waals surface area contributed by atoms with Crippen LogP contribution in [0.3, 0.4) is 0 Å². The highest BCUT2D eigenvalue weighted by Gasteiger charge is 2.52. The molecule has 1 aliphatic rings. The first-order valence-corrected chi connectivity index (χ1v) is 9.32. The van der Waals surface area contributed by atoms with Crippen molar-refractivity contribution in [2.24, 2.45) is 0 Å². The summed E-state index contributed by atoms with van der Waals surface area (Å²) in [5.41, 5.74) is 1.21. The number of methoxy groups -OCH3 is 1. The summed E-state index contributed by atoms with van der Waals surface area (Å²) in [7, 11) is 1.27. The van der Waals surface area contributed by atoms with Crippen molar-refractivity contribution in [2.45, 2.75) is 38.9 Å². The van der Waals surface area contributed by atoms with Gasteiger partial charge in [0.05, 0.1) is 28.5 Å². The van der Waals surface area contributed by atoms with Crippen LogP contribution in [0.2, 0.25) is 0 Å². The SMILES string of the molecule is COc1ccc2nc(C=C(CS)B3OC(C)(C)C(C)(C)O3)sc2c1. The van der Waals surface area contributed by atoms with Crippen LogP contribution in [0, 0.1) is 0 Å². The molecule has 1 aromatic heterocycles. The van der Waals surface area contributed by atoms with Crippen molar-refractivity contribution >= 4 is 47.4 Å². The molecular formula is C17H22BNO3S2. The summed E-state index contributed by atoms with van der Waals surface area (Å²) >= 11 is 6.07. The number of benzene rings is 1. The second kappa shape index (κ2) is 6.37. The fourth-order valence-corrected chi connectivity index (χ4v) is 3.67. The van der Waals surface area contributed by atoms with Crippen LogP contribution in [-0.4, -0.2) is 36.2 Å². The van der Waals surface area contributed by atoms with Crippen LogP contribution in [0.4, 0.5) is 0 Å². The van der Waals surface area contributed by atoms with Crippen LogP contribution in [0.1, 0.15) is 32.7 Å². The van der Waals surface area contributed by atoms with E-state index in [1.165, 1.54) is 0 Å². The first-order valence-electron chi connectivity index (χ1n) is 7.87. The Morgan fingerprint density at radius 2 is 1.96 bits per heavy atom. The zero-order chi connectivity index (χ0) is 17.5. The molecule has 0 N–H and O–H groups in total. The highest BCUT2D eigenvalue weighted by molar-refractivity contribution is 7.80. The lowest BCUT2D eigenvalue weighted by Gasteiger charge is -2.32. The summed E-state index contributed by atoms with van der Waals surface area (Å²) in [6.45, 7) is 8.19. The van der Waals surface area contributed by atoms with Gasteiger partial charge in [-0.2, -0.15) is 12.6 Å². The minimum atomic E-state index is -0.394. The van der Waals surface area contributed by atoms with E-state index in [4.69, 9.17) is 14.0 Å². The number of hydrogen-bond acceptors (Lipinski definition) is 6. The standard InChI is InChI=1S/C17H22BNO3S2/c1-16(2)17(3,4)22-18(21-16)11(10-23)8-15-19-13-7-6-12(20-5)9-14(13)24-15/h6-9,23H,10H2,1-5H3. The maximum absolute atomic E-state index is 6.12. The van der Waals surface area contributed by atoms with Gasteiger partial charge in [-0.3, -0.25) is 0 Å². The van der Waals surface area contributed by atoms with Crippen molar-refractivity contribution in [3.63, 3.8) is 0 Å². The van der Waals surface area contributed by atoms with Crippen molar-refractivity contribution < 1.29 is 14.0 Å². The average Bonchev–Trinajstić information content (AvgIpc) is 3.01. The van der Waals surface area contributed by atoms with Crippen LogP contribution in [0.15, 0.2) is 23.7 Å². The van der Waals surface area contributed by atoms with Crippen molar-refractivity contribution in [3.8, 4) is 5.75 Å². The summed E-state index contributed by atoms with van der Waals surface area (Å²) in [6, 6.07) is 5.89. The molecule has 1 aromatic carbocycles. The predicted octanol–water partition coefficient (Wildman–Crippen LogP) is 4.25. The van der Waals surface area contributed by atoms with Crippen molar-refractivity contribution in [1.82, 2.24) is 4.98 Å². The lowest BCUT2D eigenvalue weighted by atomic mass is 9.79. The van der Waals surface area contributed by atoms with Gasteiger partial charge in [0, 0.05) is 5.75 Å². The second-order valence-electron chi connectivity index (χ2n) is 6.85. The van der Waals surface area contributed by atoms with Crippen molar-refractivity contribution in [1.29, 1.82) is 0 Å². The third kappa shape index (κ3) is 3.22. The number of aromatic nitrogens is 1. The van der Waals surface area contributed by atoms with Gasteiger partial charge in [0.1, 0.15) is 10.8 Å². The fourth-order valence-electron chi connectivity index (χ4n) is 2.45. The highest BCUT2D eigenvalue weighted by Crippen LogP contribution is 2.39. The van der Waals surface area contributed by atoms with Crippen LogP contribution in [0.25, 0.3) is 16.3 Å². The third-order valence-electron chi connectivity index (χ3n) is 4.66. The van der Waals surface area contributed by atoms with Gasteiger partial charge in [-0.05, 0) is 57.4 Å². The van der Waals surface area contributed by atoms with Gasteiger partial charge in [-0.1, -0.05) is 0 Å². The summed E-state index contributed by atoms with van der Waals surface area (Å²) in [5, 5.41) is 0.914. The lowest BCUT2D eigenvalue weighted by Crippen LogP contribution is -2.41. The van der Waals surface area contributed by atoms with E-state index in [1.807, 2.05) is 52.0 Å². The molecule has 0 atom stereocenters. The lowest BCUT2D eigenvalue weighted by molar-refractivity contribution is 0.00578. The number of thiol groups is 1. The molecule has 7 heteroatoms. The molecule has 0 bridgehead atoms. The van der Waals surface area contributed by atoms with Crippen molar-refractivity contribution in [2.75, 3.05) is 12.9 Å². The van der Waals surface area contributed by atoms with Gasteiger partial charge < -0.3 is 14.0 Å². The van der Waals surface area contributed by atoms with Crippen LogP contribution in [0.5, 0.6) is 5.75 Å². The Morgan fingerprint density at radius 1 is 1.29 bits per heavy atom. The van der Waals surface area contributed by atoms with Gasteiger partial charge in [0.2, 0.25) is 0 Å². The maximum atomic E-state index is 6.12. The van der Waals surface area contributed by atoms with E-state index in [-0.39, 0.29) is 11.2 Å². The van der Waals surface area contributed by atoms with Crippen LogP contribution >= 0.6 is 24.0 Å². The smallest absolute Gasteiger partial charge is 0.491 e. The Bertz CT molecular complexity index is 769. The van der Waals surface area contributed by atoms with E-state index < -0.39 is 7.12 Å². The zero-order valence-electron chi connectivity index (χ0n) is 14.6. The van der Waals surface area contributed by atoms with E-state index in [0.29, 0.717) is 5.75 Å². The first kappa shape index (κ1) is 17.8. The predicted molar refractivity (Wildman–Crippen MR) is 104 cm³/mol. The van der Waals surface area contributed by atoms with Crippen molar-refractivity contribution in [3.05, 3.63) is 28.7 Å². The topological polar surface area (TPSA) is 40.6 Å². The van der Waals surface area contributed by atoms with E-state index in [9.17, 15) is 0 Å². The Labute approximate surface area is 152 Å². The van der Waals surface area contributed by atoms with E-state index in [2.05, 4.69) is 17.6 Å². The van der Waals surface area contributed by atoms with Gasteiger partial charge in [0.25, 0.3) is 0 Å². The average molecular weight is 363 g/mol. The van der Waals surface area contributed by atoms with Crippen LogP contribution in [-0.2, 0) is 9.31 Å². The molecule has 4 nitrogen and oxygen atoms in total. The Kier molecular flexibility index (Phi) is 4.72. The Morgan fingerprint density at radius 3 is 2.54 bits per heavy atom. The number of rotatable bonds is 4. The third-order valence-corrected chi connectivity index (χ3v) is 5.99. The summed E-state index contributed by atoms with van der Waals surface area (Å²) < 4.78 is 18.6. The van der Waals surface area contributed by atoms with Gasteiger partial charge in [-0.25, -0.2) is 4.98 Å². The molecule has 0 spiro atoms. The first-order chi connectivity index (χ1) is 11.3. The summed E-state index contributed by atoms with van der Waals surface area (Å²) in [6.07, 6.45) is 2.02. The molecular weight excluding hydrogens is 341 g/mol. The number of thiazole rings is 1. The van der Waals surface area contributed by atoms with Gasteiger partial charge >= 0.3 is 7.12 Å². The number of fused-ring (bicyclic) bond motifs is 1. The maximum Gasteiger partial charge on any atom is 0.491 e. The second-order valence-corrected chi connectivity index (χ2v) is 8.23. The number of nitrogens with zero attached hydrogens (tertiary/aromatic N) is 1. The molecule has 3 rings (SSSR count). The largest absolute Gasteiger partial charge is 0.497 e. The van der Waals surface area contributed by atoms with Gasteiger partial charge in [-0.15, -0.1) is 11.3 Å². The van der Waals surface area contributed by atoms with E-state index >= 15 is 0 Å². The minimum absolute atomic E-state index is 0.360. The van der Waals surface area contributed by atoms with E-state index in [1.54, 1.807) is 18.4 Å². The molecule has 1 aliphatic heterocycles. The number of ether oxygens (including phenoxy) is 1. The molecule has 0 saturated carbocycles. The van der Waals surface area contributed by atoms with E-state index in [0.717, 1.165) is 26.4 Å². The molecule has 128 valence electrons. The molecule has 2 aromatic rings. The molecule has 0 aliphatic carbocycles. The van der Waals surface area contributed by atoms with Gasteiger partial charge in [0.15, 0.2) is 0 Å². The molecule has 0 amide bonds. The molecule has 1 fully saturated rings. The zero-order valence-corrected chi connectivity index (χ0v) is 16.3.